The summed E-state index contributed by atoms with van der Waals surface area (Å²) in [7, 11) is 2.26. The first-order chi connectivity index (χ1) is 8.20. The summed E-state index contributed by atoms with van der Waals surface area (Å²) in [4.78, 5) is 5.26. The molecule has 1 unspecified atom stereocenters. The molecule has 2 aliphatic heterocycles. The monoisotopic (exact) mass is 238 g/mol. The van der Waals surface area contributed by atoms with E-state index in [9.17, 15) is 0 Å². The highest BCUT2D eigenvalue weighted by Crippen LogP contribution is 2.29. The van der Waals surface area contributed by atoms with E-state index < -0.39 is 0 Å². The molecule has 0 N–H and O–H groups in total. The molecule has 0 amide bonds. The Hall–Kier alpha value is -0.0800. The molecule has 100 valence electrons. The van der Waals surface area contributed by atoms with Crippen molar-refractivity contribution in [2.24, 2.45) is 11.8 Å². The number of hydrogen-bond acceptors (Lipinski definition) is 2. The Morgan fingerprint density at radius 3 is 2.12 bits per heavy atom. The first kappa shape index (κ1) is 13.4. The van der Waals surface area contributed by atoms with Crippen LogP contribution in [0.15, 0.2) is 0 Å². The highest BCUT2D eigenvalue weighted by atomic mass is 15.2. The summed E-state index contributed by atoms with van der Waals surface area (Å²) >= 11 is 0. The molecular formula is C15H30N2. The highest BCUT2D eigenvalue weighted by molar-refractivity contribution is 4.83. The molecule has 2 heteroatoms. The van der Waals surface area contributed by atoms with E-state index in [0.717, 1.165) is 17.9 Å². The van der Waals surface area contributed by atoms with E-state index in [2.05, 4.69) is 30.7 Å². The summed E-state index contributed by atoms with van der Waals surface area (Å²) < 4.78 is 0. The van der Waals surface area contributed by atoms with Crippen LogP contribution in [0, 0.1) is 11.8 Å². The van der Waals surface area contributed by atoms with Crippen molar-refractivity contribution in [3.05, 3.63) is 0 Å². The fourth-order valence-electron chi connectivity index (χ4n) is 3.55. The van der Waals surface area contributed by atoms with Gasteiger partial charge in [-0.3, -0.25) is 0 Å². The summed E-state index contributed by atoms with van der Waals surface area (Å²) in [6.07, 6.45) is 7.04. The molecule has 0 saturated carbocycles. The van der Waals surface area contributed by atoms with Crippen molar-refractivity contribution in [2.75, 3.05) is 33.2 Å². The molecule has 2 fully saturated rings. The Morgan fingerprint density at radius 2 is 1.59 bits per heavy atom. The fraction of sp³-hybridized carbons (Fsp3) is 1.00. The average Bonchev–Trinajstić information content (AvgIpc) is 2.39. The van der Waals surface area contributed by atoms with Gasteiger partial charge in [0.15, 0.2) is 0 Å². The quantitative estimate of drug-likeness (QED) is 0.746. The van der Waals surface area contributed by atoms with E-state index in [1.807, 2.05) is 0 Å². The van der Waals surface area contributed by atoms with E-state index in [1.54, 1.807) is 0 Å². The SMILES string of the molecule is CCC(C)C1CCN(C2CCN(C)CC2)CC1. The lowest BCUT2D eigenvalue weighted by Crippen LogP contribution is -2.47. The Labute approximate surface area is 107 Å². The number of hydrogen-bond donors (Lipinski definition) is 0. The van der Waals surface area contributed by atoms with Gasteiger partial charge in [0.25, 0.3) is 0 Å². The zero-order chi connectivity index (χ0) is 12.3. The van der Waals surface area contributed by atoms with Crippen molar-refractivity contribution in [1.82, 2.24) is 9.80 Å². The predicted molar refractivity (Wildman–Crippen MR) is 74.3 cm³/mol. The van der Waals surface area contributed by atoms with Gasteiger partial charge < -0.3 is 9.80 Å². The van der Waals surface area contributed by atoms with E-state index in [1.165, 1.54) is 58.3 Å². The van der Waals surface area contributed by atoms with Crippen molar-refractivity contribution >= 4 is 0 Å². The molecule has 2 aliphatic rings. The second-order valence-corrected chi connectivity index (χ2v) is 6.29. The predicted octanol–water partition coefficient (Wildman–Crippen LogP) is 2.84. The maximum Gasteiger partial charge on any atom is 0.0120 e. The lowest BCUT2D eigenvalue weighted by atomic mass is 9.83. The second kappa shape index (κ2) is 6.19. The van der Waals surface area contributed by atoms with Crippen molar-refractivity contribution in [3.8, 4) is 0 Å². The third kappa shape index (κ3) is 3.45. The molecule has 0 aliphatic carbocycles. The largest absolute Gasteiger partial charge is 0.306 e. The minimum absolute atomic E-state index is 0.893. The molecule has 0 aromatic carbocycles. The summed E-state index contributed by atoms with van der Waals surface area (Å²) in [6, 6.07) is 0.893. The first-order valence-corrected chi connectivity index (χ1v) is 7.63. The van der Waals surface area contributed by atoms with E-state index in [4.69, 9.17) is 0 Å². The van der Waals surface area contributed by atoms with Gasteiger partial charge in [-0.15, -0.1) is 0 Å². The number of rotatable bonds is 3. The average molecular weight is 238 g/mol. The van der Waals surface area contributed by atoms with Crippen LogP contribution in [-0.4, -0.2) is 49.1 Å². The summed E-state index contributed by atoms with van der Waals surface area (Å²) in [5, 5.41) is 0. The van der Waals surface area contributed by atoms with Crippen LogP contribution < -0.4 is 0 Å². The van der Waals surface area contributed by atoms with Crippen LogP contribution in [0.1, 0.15) is 46.0 Å². The second-order valence-electron chi connectivity index (χ2n) is 6.29. The molecule has 0 bridgehead atoms. The standard InChI is InChI=1S/C15H30N2/c1-4-13(2)14-5-11-17(12-6-14)15-7-9-16(3)10-8-15/h13-15H,4-12H2,1-3H3. The Kier molecular flexibility index (Phi) is 4.87. The van der Waals surface area contributed by atoms with Crippen molar-refractivity contribution in [3.63, 3.8) is 0 Å². The Bertz CT molecular complexity index is 213. The maximum absolute atomic E-state index is 2.78. The molecule has 1 atom stereocenters. The first-order valence-electron chi connectivity index (χ1n) is 7.63. The Balaban J connectivity index is 1.75. The van der Waals surface area contributed by atoms with E-state index in [-0.39, 0.29) is 0 Å². The molecule has 0 aromatic rings. The van der Waals surface area contributed by atoms with Gasteiger partial charge >= 0.3 is 0 Å². The molecule has 17 heavy (non-hydrogen) atoms. The normalized spacial score (nSPS) is 28.4. The summed E-state index contributed by atoms with van der Waals surface area (Å²) in [5.74, 6) is 1.94. The van der Waals surface area contributed by atoms with Gasteiger partial charge in [0, 0.05) is 6.04 Å². The zero-order valence-electron chi connectivity index (χ0n) is 12.0. The third-order valence-electron chi connectivity index (χ3n) is 5.23. The van der Waals surface area contributed by atoms with Crippen molar-refractivity contribution in [1.29, 1.82) is 0 Å². The van der Waals surface area contributed by atoms with Gasteiger partial charge in [0.1, 0.15) is 0 Å². The molecule has 2 rings (SSSR count). The van der Waals surface area contributed by atoms with E-state index >= 15 is 0 Å². The molecule has 2 heterocycles. The van der Waals surface area contributed by atoms with Crippen molar-refractivity contribution in [2.45, 2.75) is 52.0 Å². The van der Waals surface area contributed by atoms with Crippen LogP contribution in [0.25, 0.3) is 0 Å². The molecule has 2 saturated heterocycles. The van der Waals surface area contributed by atoms with Crippen molar-refractivity contribution < 1.29 is 0 Å². The number of piperidine rings is 2. The minimum Gasteiger partial charge on any atom is -0.306 e. The molecule has 0 spiro atoms. The van der Waals surface area contributed by atoms with Crippen LogP contribution in [0.2, 0.25) is 0 Å². The molecule has 0 aromatic heterocycles. The van der Waals surface area contributed by atoms with Crippen LogP contribution in [0.4, 0.5) is 0 Å². The van der Waals surface area contributed by atoms with E-state index in [0.29, 0.717) is 0 Å². The Morgan fingerprint density at radius 1 is 1.00 bits per heavy atom. The van der Waals surface area contributed by atoms with Crippen LogP contribution in [0.5, 0.6) is 0 Å². The lowest BCUT2D eigenvalue weighted by molar-refractivity contribution is 0.0732. The summed E-state index contributed by atoms with van der Waals surface area (Å²) in [6.45, 7) is 10.1. The smallest absolute Gasteiger partial charge is 0.0120 e. The van der Waals surface area contributed by atoms with Crippen LogP contribution >= 0.6 is 0 Å². The van der Waals surface area contributed by atoms with Gasteiger partial charge in [-0.2, -0.15) is 0 Å². The molecule has 0 radical (unpaired) electrons. The topological polar surface area (TPSA) is 6.48 Å². The number of likely N-dealkylation sites (tertiary alicyclic amines) is 2. The summed E-state index contributed by atoms with van der Waals surface area (Å²) in [5.41, 5.74) is 0. The molecular weight excluding hydrogens is 208 g/mol. The third-order valence-corrected chi connectivity index (χ3v) is 5.23. The van der Waals surface area contributed by atoms with Gasteiger partial charge in [-0.25, -0.2) is 0 Å². The maximum atomic E-state index is 2.78. The van der Waals surface area contributed by atoms with Crippen LogP contribution in [-0.2, 0) is 0 Å². The zero-order valence-corrected chi connectivity index (χ0v) is 12.0. The highest BCUT2D eigenvalue weighted by Gasteiger charge is 2.28. The van der Waals surface area contributed by atoms with Crippen LogP contribution in [0.3, 0.4) is 0 Å². The lowest BCUT2D eigenvalue weighted by Gasteiger charge is -2.42. The minimum atomic E-state index is 0.893. The van der Waals surface area contributed by atoms with Gasteiger partial charge in [-0.05, 0) is 70.7 Å². The van der Waals surface area contributed by atoms with Gasteiger partial charge in [-0.1, -0.05) is 20.3 Å². The van der Waals surface area contributed by atoms with Gasteiger partial charge in [0.05, 0.1) is 0 Å². The molecule has 2 nitrogen and oxygen atoms in total. The number of nitrogens with zero attached hydrogens (tertiary/aromatic N) is 2. The fourth-order valence-corrected chi connectivity index (χ4v) is 3.55. The van der Waals surface area contributed by atoms with Gasteiger partial charge in [0.2, 0.25) is 0 Å².